The molecule has 138 valence electrons. The highest BCUT2D eigenvalue weighted by Crippen LogP contribution is 2.42. The fourth-order valence-corrected chi connectivity index (χ4v) is 3.70. The number of hydrogen-bond donors (Lipinski definition) is 2. The molecule has 0 unspecified atom stereocenters. The smallest absolute Gasteiger partial charge is 0.336 e. The minimum Gasteiger partial charge on any atom is -0.497 e. The molecular formula is C19H23N3O4. The number of aromatic carboxylic acids is 1. The number of aromatic nitrogens is 2. The monoisotopic (exact) mass is 357 g/mol. The van der Waals surface area contributed by atoms with E-state index in [4.69, 9.17) is 9.47 Å². The topological polar surface area (TPSA) is 87.7 Å². The molecule has 7 nitrogen and oxygen atoms in total. The van der Waals surface area contributed by atoms with Crippen molar-refractivity contribution in [3.05, 3.63) is 40.2 Å². The average Bonchev–Trinajstić information content (AvgIpc) is 3.41. The van der Waals surface area contributed by atoms with E-state index in [9.17, 15) is 9.90 Å². The summed E-state index contributed by atoms with van der Waals surface area (Å²) in [5.74, 6) is 0.647. The maximum absolute atomic E-state index is 11.8. The third kappa shape index (κ3) is 3.03. The van der Waals surface area contributed by atoms with E-state index in [0.717, 1.165) is 19.5 Å². The van der Waals surface area contributed by atoms with Crippen LogP contribution in [0.3, 0.4) is 0 Å². The number of H-pyrrole nitrogens is 1. The van der Waals surface area contributed by atoms with Crippen LogP contribution >= 0.6 is 0 Å². The highest BCUT2D eigenvalue weighted by molar-refractivity contribution is 5.91. The first-order valence-electron chi connectivity index (χ1n) is 8.87. The number of benzene rings is 1. The van der Waals surface area contributed by atoms with E-state index in [1.54, 1.807) is 19.2 Å². The van der Waals surface area contributed by atoms with Crippen LogP contribution in [0.25, 0.3) is 0 Å². The van der Waals surface area contributed by atoms with Gasteiger partial charge in [-0.1, -0.05) is 0 Å². The van der Waals surface area contributed by atoms with Gasteiger partial charge in [-0.05, 0) is 18.9 Å². The van der Waals surface area contributed by atoms with Gasteiger partial charge in [-0.15, -0.1) is 0 Å². The average molecular weight is 357 g/mol. The molecule has 4 rings (SSSR count). The van der Waals surface area contributed by atoms with Crippen molar-refractivity contribution < 1.29 is 19.4 Å². The highest BCUT2D eigenvalue weighted by Gasteiger charge is 2.32. The van der Waals surface area contributed by atoms with Gasteiger partial charge in [-0.2, -0.15) is 5.10 Å². The van der Waals surface area contributed by atoms with Crippen LogP contribution in [0.1, 0.15) is 51.6 Å². The van der Waals surface area contributed by atoms with Gasteiger partial charge in [0.1, 0.15) is 11.5 Å². The number of aromatic amines is 1. The number of nitrogens with zero attached hydrogens (tertiary/aromatic N) is 2. The normalized spacial score (nSPS) is 17.0. The molecule has 0 saturated heterocycles. The van der Waals surface area contributed by atoms with Crippen molar-refractivity contribution in [1.29, 1.82) is 0 Å². The summed E-state index contributed by atoms with van der Waals surface area (Å²) in [4.78, 5) is 14.0. The third-order valence-corrected chi connectivity index (χ3v) is 5.26. The summed E-state index contributed by atoms with van der Waals surface area (Å²) in [6.07, 6.45) is 3.33. The Morgan fingerprint density at radius 1 is 1.35 bits per heavy atom. The lowest BCUT2D eigenvalue weighted by Crippen LogP contribution is -2.31. The molecule has 1 fully saturated rings. The van der Waals surface area contributed by atoms with Gasteiger partial charge in [0.2, 0.25) is 0 Å². The molecule has 7 heteroatoms. The Kier molecular flexibility index (Phi) is 4.32. The Morgan fingerprint density at radius 2 is 2.15 bits per heavy atom. The van der Waals surface area contributed by atoms with Crippen molar-refractivity contribution in [2.75, 3.05) is 20.8 Å². The SMILES string of the molecule is COc1cc(OC)c(CN2CCc3[nH]nc(C4CC4)c3C2)c(C(=O)O)c1. The first-order valence-corrected chi connectivity index (χ1v) is 8.87. The van der Waals surface area contributed by atoms with Crippen LogP contribution in [0.5, 0.6) is 11.5 Å². The fraction of sp³-hybridized carbons (Fsp3) is 0.474. The van der Waals surface area contributed by atoms with Crippen molar-refractivity contribution in [3.8, 4) is 11.5 Å². The van der Waals surface area contributed by atoms with Crippen LogP contribution in [-0.4, -0.2) is 46.9 Å². The number of ether oxygens (including phenoxy) is 2. The molecule has 1 aromatic heterocycles. The minimum absolute atomic E-state index is 0.224. The number of carboxylic acids is 1. The lowest BCUT2D eigenvalue weighted by atomic mass is 10.0. The third-order valence-electron chi connectivity index (χ3n) is 5.26. The number of carboxylic acid groups (broad SMARTS) is 1. The maximum Gasteiger partial charge on any atom is 0.336 e. The van der Waals surface area contributed by atoms with Crippen LogP contribution in [0.2, 0.25) is 0 Å². The Bertz CT molecular complexity index is 842. The number of rotatable bonds is 6. The molecule has 1 aliphatic carbocycles. The van der Waals surface area contributed by atoms with Crippen LogP contribution in [0.15, 0.2) is 12.1 Å². The maximum atomic E-state index is 11.8. The Hall–Kier alpha value is -2.54. The molecule has 1 saturated carbocycles. The molecule has 0 amide bonds. The molecule has 26 heavy (non-hydrogen) atoms. The molecule has 2 aliphatic rings. The van der Waals surface area contributed by atoms with E-state index in [0.29, 0.717) is 29.5 Å². The molecule has 0 radical (unpaired) electrons. The van der Waals surface area contributed by atoms with Gasteiger partial charge < -0.3 is 14.6 Å². The molecule has 1 aromatic carbocycles. The molecule has 2 N–H and O–H groups in total. The summed E-state index contributed by atoms with van der Waals surface area (Å²) in [5, 5.41) is 17.3. The second-order valence-electron chi connectivity index (χ2n) is 6.96. The predicted molar refractivity (Wildman–Crippen MR) is 94.9 cm³/mol. The molecule has 0 spiro atoms. The van der Waals surface area contributed by atoms with Gasteiger partial charge in [0, 0.05) is 54.9 Å². The summed E-state index contributed by atoms with van der Waals surface area (Å²) in [5.41, 5.74) is 4.62. The van der Waals surface area contributed by atoms with Gasteiger partial charge >= 0.3 is 5.97 Å². The van der Waals surface area contributed by atoms with Crippen molar-refractivity contribution in [3.63, 3.8) is 0 Å². The Labute approximate surface area is 151 Å². The molecule has 0 atom stereocenters. The number of methoxy groups -OCH3 is 2. The van der Waals surface area contributed by atoms with Crippen LogP contribution in [0.4, 0.5) is 0 Å². The van der Waals surface area contributed by atoms with Crippen LogP contribution < -0.4 is 9.47 Å². The largest absolute Gasteiger partial charge is 0.497 e. The molecule has 1 aliphatic heterocycles. The number of fused-ring (bicyclic) bond motifs is 1. The Morgan fingerprint density at radius 3 is 2.81 bits per heavy atom. The lowest BCUT2D eigenvalue weighted by Gasteiger charge is -2.28. The summed E-state index contributed by atoms with van der Waals surface area (Å²) in [6, 6.07) is 3.30. The van der Waals surface area contributed by atoms with Gasteiger partial charge in [0.15, 0.2) is 0 Å². The van der Waals surface area contributed by atoms with Crippen molar-refractivity contribution in [2.24, 2.45) is 0 Å². The zero-order chi connectivity index (χ0) is 18.3. The zero-order valence-electron chi connectivity index (χ0n) is 15.0. The highest BCUT2D eigenvalue weighted by atomic mass is 16.5. The number of hydrogen-bond acceptors (Lipinski definition) is 5. The molecule has 2 aromatic rings. The van der Waals surface area contributed by atoms with Crippen LogP contribution in [-0.2, 0) is 19.5 Å². The molecule has 2 heterocycles. The first-order chi connectivity index (χ1) is 12.6. The number of carbonyl (C=O) groups is 1. The van der Waals surface area contributed by atoms with Gasteiger partial charge in [0.25, 0.3) is 0 Å². The zero-order valence-corrected chi connectivity index (χ0v) is 15.0. The van der Waals surface area contributed by atoms with E-state index in [-0.39, 0.29) is 5.56 Å². The van der Waals surface area contributed by atoms with E-state index < -0.39 is 5.97 Å². The second-order valence-corrected chi connectivity index (χ2v) is 6.96. The summed E-state index contributed by atoms with van der Waals surface area (Å²) in [7, 11) is 3.07. The standard InChI is InChI=1S/C19H23N3O4/c1-25-12-7-13(19(23)24)14(17(8-12)26-2)9-22-6-5-16-15(10-22)18(21-20-16)11-3-4-11/h7-8,11H,3-6,9-10H2,1-2H3,(H,20,21)(H,23,24). The van der Waals surface area contributed by atoms with E-state index in [1.165, 1.54) is 36.9 Å². The van der Waals surface area contributed by atoms with Crippen molar-refractivity contribution in [1.82, 2.24) is 15.1 Å². The van der Waals surface area contributed by atoms with E-state index in [1.807, 2.05) is 0 Å². The van der Waals surface area contributed by atoms with E-state index in [2.05, 4.69) is 15.1 Å². The number of nitrogens with one attached hydrogen (secondary N) is 1. The van der Waals surface area contributed by atoms with Gasteiger partial charge in [-0.3, -0.25) is 10.00 Å². The lowest BCUT2D eigenvalue weighted by molar-refractivity contribution is 0.0693. The second kappa shape index (κ2) is 6.64. The van der Waals surface area contributed by atoms with Gasteiger partial charge in [0.05, 0.1) is 25.5 Å². The van der Waals surface area contributed by atoms with E-state index >= 15 is 0 Å². The molecule has 0 bridgehead atoms. The minimum atomic E-state index is -0.975. The quantitative estimate of drug-likeness (QED) is 0.826. The van der Waals surface area contributed by atoms with Crippen molar-refractivity contribution in [2.45, 2.75) is 38.3 Å². The molecular weight excluding hydrogens is 334 g/mol. The summed E-state index contributed by atoms with van der Waals surface area (Å²) < 4.78 is 10.7. The first kappa shape index (κ1) is 16.9. The van der Waals surface area contributed by atoms with Crippen molar-refractivity contribution >= 4 is 5.97 Å². The van der Waals surface area contributed by atoms with Crippen LogP contribution in [0, 0.1) is 0 Å². The predicted octanol–water partition coefficient (Wildman–Crippen LogP) is 2.56. The Balaban J connectivity index is 1.63. The summed E-state index contributed by atoms with van der Waals surface area (Å²) in [6.45, 7) is 2.16. The van der Waals surface area contributed by atoms with Gasteiger partial charge in [-0.25, -0.2) is 4.79 Å². The summed E-state index contributed by atoms with van der Waals surface area (Å²) >= 11 is 0. The fourth-order valence-electron chi connectivity index (χ4n) is 3.70.